The van der Waals surface area contributed by atoms with Gasteiger partial charge in [0.05, 0.1) is 22.6 Å². The summed E-state index contributed by atoms with van der Waals surface area (Å²) in [7, 11) is -3.57. The van der Waals surface area contributed by atoms with E-state index < -0.39 is 16.1 Å². The third kappa shape index (κ3) is 3.81. The molecule has 0 bridgehead atoms. The van der Waals surface area contributed by atoms with E-state index in [0.717, 1.165) is 0 Å². The van der Waals surface area contributed by atoms with Crippen molar-refractivity contribution < 1.29 is 13.5 Å². The fraction of sp³-hybridized carbons (Fsp3) is 0.417. The second-order valence-electron chi connectivity index (χ2n) is 4.12. The maximum Gasteiger partial charge on any atom is 0.240 e. The minimum Gasteiger partial charge on any atom is -0.393 e. The molecule has 0 fully saturated rings. The summed E-state index contributed by atoms with van der Waals surface area (Å²) < 4.78 is 26.2. The monoisotopic (exact) mass is 268 g/mol. The highest BCUT2D eigenvalue weighted by Crippen LogP contribution is 2.14. The molecule has 0 aliphatic carbocycles. The fourth-order valence-corrected chi connectivity index (χ4v) is 2.55. The largest absolute Gasteiger partial charge is 0.393 e. The van der Waals surface area contributed by atoms with Crippen molar-refractivity contribution in [2.45, 2.75) is 31.3 Å². The Kier molecular flexibility index (Phi) is 4.84. The highest BCUT2D eigenvalue weighted by molar-refractivity contribution is 7.89. The van der Waals surface area contributed by atoms with Crippen molar-refractivity contribution in [3.8, 4) is 6.07 Å². The van der Waals surface area contributed by atoms with E-state index in [1.807, 2.05) is 6.07 Å². The van der Waals surface area contributed by atoms with Gasteiger partial charge in [-0.1, -0.05) is 0 Å². The summed E-state index contributed by atoms with van der Waals surface area (Å²) >= 11 is 0. The van der Waals surface area contributed by atoms with Crippen molar-refractivity contribution in [3.05, 3.63) is 29.3 Å². The van der Waals surface area contributed by atoms with Crippen LogP contribution in [-0.4, -0.2) is 26.2 Å². The first-order valence-electron chi connectivity index (χ1n) is 5.55. The molecule has 6 heteroatoms. The number of nitrogens with one attached hydrogen (secondary N) is 1. The maximum atomic E-state index is 11.9. The van der Waals surface area contributed by atoms with Gasteiger partial charge in [-0.2, -0.15) is 5.26 Å². The van der Waals surface area contributed by atoms with Gasteiger partial charge in [0.1, 0.15) is 0 Å². The number of aryl methyl sites for hydroxylation is 1. The molecule has 1 aromatic rings. The summed E-state index contributed by atoms with van der Waals surface area (Å²) in [6.07, 6.45) is -0.190. The number of nitriles is 1. The molecule has 98 valence electrons. The smallest absolute Gasteiger partial charge is 0.240 e. The lowest BCUT2D eigenvalue weighted by molar-refractivity contribution is 0.186. The molecular formula is C12H16N2O3S. The molecule has 18 heavy (non-hydrogen) atoms. The molecule has 1 rings (SSSR count). The average Bonchev–Trinajstić information content (AvgIpc) is 2.28. The molecule has 0 heterocycles. The lowest BCUT2D eigenvalue weighted by atomic mass is 10.1. The summed E-state index contributed by atoms with van der Waals surface area (Å²) in [5.41, 5.74) is 1.08. The topological polar surface area (TPSA) is 90.2 Å². The Bertz CT molecular complexity index is 559. The minimum atomic E-state index is -3.57. The number of hydrogen-bond donors (Lipinski definition) is 2. The summed E-state index contributed by atoms with van der Waals surface area (Å²) in [6, 6.07) is 6.33. The van der Waals surface area contributed by atoms with Gasteiger partial charge in [0.25, 0.3) is 0 Å². The van der Waals surface area contributed by atoms with Crippen LogP contribution in [-0.2, 0) is 10.0 Å². The lowest BCUT2D eigenvalue weighted by Crippen LogP contribution is -2.26. The van der Waals surface area contributed by atoms with E-state index in [4.69, 9.17) is 10.4 Å². The van der Waals surface area contributed by atoms with Crippen LogP contribution in [0.25, 0.3) is 0 Å². The van der Waals surface area contributed by atoms with Crippen LogP contribution in [0.3, 0.4) is 0 Å². The van der Waals surface area contributed by atoms with Crippen LogP contribution >= 0.6 is 0 Å². The van der Waals surface area contributed by atoms with Crippen molar-refractivity contribution in [2.75, 3.05) is 6.54 Å². The molecule has 0 aromatic heterocycles. The normalized spacial score (nSPS) is 13.0. The van der Waals surface area contributed by atoms with Crippen LogP contribution in [0, 0.1) is 18.3 Å². The number of benzene rings is 1. The molecule has 0 saturated carbocycles. The first kappa shape index (κ1) is 14.6. The van der Waals surface area contributed by atoms with Crippen LogP contribution in [0.5, 0.6) is 0 Å². The van der Waals surface area contributed by atoms with E-state index in [-0.39, 0.29) is 11.4 Å². The Morgan fingerprint density at radius 3 is 2.67 bits per heavy atom. The van der Waals surface area contributed by atoms with Gasteiger partial charge >= 0.3 is 0 Å². The van der Waals surface area contributed by atoms with Crippen molar-refractivity contribution in [2.24, 2.45) is 0 Å². The van der Waals surface area contributed by atoms with Crippen molar-refractivity contribution >= 4 is 10.0 Å². The van der Waals surface area contributed by atoms with Crippen LogP contribution in [0.4, 0.5) is 0 Å². The Morgan fingerprint density at radius 1 is 1.50 bits per heavy atom. The molecule has 1 unspecified atom stereocenters. The van der Waals surface area contributed by atoms with E-state index in [9.17, 15) is 8.42 Å². The van der Waals surface area contributed by atoms with Gasteiger partial charge in [0.15, 0.2) is 0 Å². The second-order valence-corrected chi connectivity index (χ2v) is 5.89. The van der Waals surface area contributed by atoms with Gasteiger partial charge in [0.2, 0.25) is 10.0 Å². The molecule has 2 N–H and O–H groups in total. The van der Waals surface area contributed by atoms with Gasteiger partial charge in [-0.25, -0.2) is 13.1 Å². The Hall–Kier alpha value is -1.42. The van der Waals surface area contributed by atoms with Gasteiger partial charge in [0, 0.05) is 6.54 Å². The summed E-state index contributed by atoms with van der Waals surface area (Å²) in [5.74, 6) is 0. The fourth-order valence-electron chi connectivity index (χ4n) is 1.41. The first-order valence-corrected chi connectivity index (χ1v) is 7.03. The van der Waals surface area contributed by atoms with E-state index in [1.54, 1.807) is 13.8 Å². The highest BCUT2D eigenvalue weighted by atomic mass is 32.2. The first-order chi connectivity index (χ1) is 8.36. The van der Waals surface area contributed by atoms with E-state index in [0.29, 0.717) is 17.5 Å². The zero-order valence-corrected chi connectivity index (χ0v) is 11.2. The third-order valence-electron chi connectivity index (χ3n) is 2.48. The van der Waals surface area contributed by atoms with Crippen LogP contribution in [0.15, 0.2) is 23.1 Å². The number of nitrogens with zero attached hydrogens (tertiary/aromatic N) is 1. The Balaban J connectivity index is 2.86. The highest BCUT2D eigenvalue weighted by Gasteiger charge is 2.14. The quantitative estimate of drug-likeness (QED) is 0.830. The average molecular weight is 268 g/mol. The lowest BCUT2D eigenvalue weighted by Gasteiger charge is -2.09. The molecule has 5 nitrogen and oxygen atoms in total. The minimum absolute atomic E-state index is 0.129. The predicted molar refractivity (Wildman–Crippen MR) is 67.4 cm³/mol. The van der Waals surface area contributed by atoms with Crippen LogP contribution in [0.2, 0.25) is 0 Å². The van der Waals surface area contributed by atoms with Crippen molar-refractivity contribution in [3.63, 3.8) is 0 Å². The molecule has 0 aliphatic rings. The SMILES string of the molecule is Cc1cc(S(=O)(=O)NCCC(C)O)ccc1C#N. The Labute approximate surface area is 107 Å². The van der Waals surface area contributed by atoms with Gasteiger partial charge < -0.3 is 5.11 Å². The van der Waals surface area contributed by atoms with Crippen LogP contribution in [0.1, 0.15) is 24.5 Å². The number of aliphatic hydroxyl groups excluding tert-OH is 1. The maximum absolute atomic E-state index is 11.9. The molecular weight excluding hydrogens is 252 g/mol. The number of aliphatic hydroxyl groups is 1. The van der Waals surface area contributed by atoms with Gasteiger partial charge in [-0.3, -0.25) is 0 Å². The molecule has 0 spiro atoms. The standard InChI is InChI=1S/C12H16N2O3S/c1-9-7-12(4-3-11(9)8-13)18(16,17)14-6-5-10(2)15/h3-4,7,10,14-15H,5-6H2,1-2H3. The molecule has 0 saturated heterocycles. The van der Waals surface area contributed by atoms with E-state index in [1.165, 1.54) is 18.2 Å². The molecule has 0 aliphatic heterocycles. The Morgan fingerprint density at radius 2 is 2.17 bits per heavy atom. The number of hydrogen-bond acceptors (Lipinski definition) is 4. The number of rotatable bonds is 5. The molecule has 0 amide bonds. The zero-order valence-electron chi connectivity index (χ0n) is 10.3. The predicted octanol–water partition coefficient (Wildman–Crippen LogP) is 0.916. The second kappa shape index (κ2) is 5.96. The molecule has 1 atom stereocenters. The third-order valence-corrected chi connectivity index (χ3v) is 3.94. The zero-order chi connectivity index (χ0) is 13.8. The van der Waals surface area contributed by atoms with Crippen molar-refractivity contribution in [1.82, 2.24) is 4.72 Å². The van der Waals surface area contributed by atoms with Gasteiger partial charge in [-0.05, 0) is 44.0 Å². The molecule has 1 aromatic carbocycles. The van der Waals surface area contributed by atoms with E-state index >= 15 is 0 Å². The summed E-state index contributed by atoms with van der Waals surface area (Å²) in [6.45, 7) is 3.46. The number of sulfonamides is 1. The van der Waals surface area contributed by atoms with E-state index in [2.05, 4.69) is 4.72 Å². The summed E-state index contributed by atoms with van der Waals surface area (Å²) in [5, 5.41) is 17.8. The van der Waals surface area contributed by atoms with Crippen molar-refractivity contribution in [1.29, 1.82) is 5.26 Å². The molecule has 0 radical (unpaired) electrons. The van der Waals surface area contributed by atoms with Crippen LogP contribution < -0.4 is 4.72 Å². The van der Waals surface area contributed by atoms with Gasteiger partial charge in [-0.15, -0.1) is 0 Å². The summed E-state index contributed by atoms with van der Waals surface area (Å²) in [4.78, 5) is 0.129.